The molecule has 2 aromatic carbocycles. The lowest BCUT2D eigenvalue weighted by Crippen LogP contribution is -2.42. The van der Waals surface area contributed by atoms with Crippen molar-refractivity contribution >= 4 is 34.7 Å². The summed E-state index contributed by atoms with van der Waals surface area (Å²) in [4.78, 5) is 45.9. The predicted molar refractivity (Wildman–Crippen MR) is 153 cm³/mol. The number of fused-ring (bicyclic) bond motifs is 1. The zero-order chi connectivity index (χ0) is 31.2. The number of aromatic nitrogens is 4. The van der Waals surface area contributed by atoms with Gasteiger partial charge in [0.1, 0.15) is 5.82 Å². The number of aryl methyl sites for hydroxylation is 1. The van der Waals surface area contributed by atoms with Crippen molar-refractivity contribution in [2.24, 2.45) is 0 Å². The number of nitrogens with one attached hydrogen (secondary N) is 1. The summed E-state index contributed by atoms with van der Waals surface area (Å²) in [6.07, 6.45) is -4.44. The van der Waals surface area contributed by atoms with Gasteiger partial charge in [-0.2, -0.15) is 18.2 Å². The lowest BCUT2D eigenvalue weighted by Gasteiger charge is -2.22. The predicted octanol–water partition coefficient (Wildman–Crippen LogP) is 3.57. The highest BCUT2D eigenvalue weighted by Crippen LogP contribution is 2.33. The SMILES string of the molecule is O=C(OCn1c(=O)n(CCc2ccc(F)cc2)c(=O)c2c1nc(N1CCC3=C1CNC3)n2Cc1ccccc1Cl)C(F)(F)F. The third-order valence-corrected chi connectivity index (χ3v) is 8.09. The third kappa shape index (κ3) is 5.50. The Balaban J connectivity index is 1.55. The molecular formula is C29H25ClF4N6O4. The van der Waals surface area contributed by atoms with Gasteiger partial charge in [-0.25, -0.2) is 18.5 Å². The Morgan fingerprint density at radius 2 is 1.77 bits per heavy atom. The van der Waals surface area contributed by atoms with Crippen LogP contribution in [-0.4, -0.2) is 50.5 Å². The van der Waals surface area contributed by atoms with Crippen molar-refractivity contribution in [2.45, 2.75) is 38.8 Å². The van der Waals surface area contributed by atoms with Crippen LogP contribution in [0.25, 0.3) is 11.2 Å². The van der Waals surface area contributed by atoms with Gasteiger partial charge in [0.25, 0.3) is 5.56 Å². The van der Waals surface area contributed by atoms with Crippen LogP contribution in [0.5, 0.6) is 0 Å². The number of anilines is 1. The summed E-state index contributed by atoms with van der Waals surface area (Å²) in [5.41, 5.74) is 1.28. The molecule has 0 atom stereocenters. The van der Waals surface area contributed by atoms with Gasteiger partial charge in [0.15, 0.2) is 17.9 Å². The molecule has 4 aromatic rings. The summed E-state index contributed by atoms with van der Waals surface area (Å²) < 4.78 is 60.2. The molecule has 6 rings (SSSR count). The Labute approximate surface area is 251 Å². The monoisotopic (exact) mass is 632 g/mol. The van der Waals surface area contributed by atoms with Gasteiger partial charge >= 0.3 is 17.8 Å². The quantitative estimate of drug-likeness (QED) is 0.234. The fraction of sp³-hybridized carbons (Fsp3) is 0.310. The first-order chi connectivity index (χ1) is 21.0. The van der Waals surface area contributed by atoms with Crippen LogP contribution in [-0.2, 0) is 35.8 Å². The summed E-state index contributed by atoms with van der Waals surface area (Å²) in [6, 6.07) is 12.4. The van der Waals surface area contributed by atoms with Crippen molar-refractivity contribution in [2.75, 3.05) is 24.5 Å². The highest BCUT2D eigenvalue weighted by atomic mass is 35.5. The standard InChI is InChI=1S/C29H25ClF4N6O4/c30-21-4-2-1-3-19(21)15-39-23-24(36-27(39)37-12-10-18-13-35-14-22(18)37)40(16-44-26(42)29(32,33)34)28(43)38(25(23)41)11-9-17-5-7-20(31)8-6-17/h1-8,35H,9-16H2. The Morgan fingerprint density at radius 3 is 2.50 bits per heavy atom. The molecule has 2 aliphatic rings. The highest BCUT2D eigenvalue weighted by Gasteiger charge is 2.41. The van der Waals surface area contributed by atoms with Crippen molar-refractivity contribution in [1.29, 1.82) is 0 Å². The van der Waals surface area contributed by atoms with Crippen LogP contribution in [0, 0.1) is 5.82 Å². The molecular weight excluding hydrogens is 608 g/mol. The van der Waals surface area contributed by atoms with E-state index < -0.39 is 35.9 Å². The molecule has 0 radical (unpaired) electrons. The second-order valence-corrected chi connectivity index (χ2v) is 10.8. The fourth-order valence-corrected chi connectivity index (χ4v) is 5.72. The van der Waals surface area contributed by atoms with Gasteiger partial charge in [0.2, 0.25) is 5.95 Å². The maximum atomic E-state index is 14.1. The van der Waals surface area contributed by atoms with Crippen LogP contribution in [0.4, 0.5) is 23.5 Å². The molecule has 230 valence electrons. The average Bonchev–Trinajstić information content (AvgIpc) is 3.70. The molecule has 2 aromatic heterocycles. The molecule has 0 spiro atoms. The first-order valence-corrected chi connectivity index (χ1v) is 14.1. The molecule has 15 heteroatoms. The van der Waals surface area contributed by atoms with Crippen LogP contribution in [0.15, 0.2) is 69.4 Å². The van der Waals surface area contributed by atoms with E-state index in [1.54, 1.807) is 28.8 Å². The summed E-state index contributed by atoms with van der Waals surface area (Å²) in [6.45, 7) is 0.480. The molecule has 0 unspecified atom stereocenters. The molecule has 0 amide bonds. The van der Waals surface area contributed by atoms with Gasteiger partial charge in [-0.1, -0.05) is 41.9 Å². The zero-order valence-electron chi connectivity index (χ0n) is 23.0. The van der Waals surface area contributed by atoms with Crippen LogP contribution in [0.2, 0.25) is 5.02 Å². The summed E-state index contributed by atoms with van der Waals surface area (Å²) in [7, 11) is 0. The molecule has 44 heavy (non-hydrogen) atoms. The molecule has 4 heterocycles. The number of nitrogens with zero attached hydrogens (tertiary/aromatic N) is 5. The molecule has 10 nitrogen and oxygen atoms in total. The lowest BCUT2D eigenvalue weighted by atomic mass is 10.1. The summed E-state index contributed by atoms with van der Waals surface area (Å²) >= 11 is 6.48. The molecule has 0 saturated heterocycles. The van der Waals surface area contributed by atoms with Crippen LogP contribution in [0.1, 0.15) is 17.5 Å². The number of benzene rings is 2. The Morgan fingerprint density at radius 1 is 1.02 bits per heavy atom. The van der Waals surface area contributed by atoms with Crippen LogP contribution in [0.3, 0.4) is 0 Å². The maximum Gasteiger partial charge on any atom is 0.490 e. The molecule has 0 bridgehead atoms. The molecule has 1 N–H and O–H groups in total. The van der Waals surface area contributed by atoms with Crippen molar-refractivity contribution in [3.8, 4) is 0 Å². The van der Waals surface area contributed by atoms with Crippen molar-refractivity contribution < 1.29 is 27.1 Å². The van der Waals surface area contributed by atoms with E-state index in [4.69, 9.17) is 11.6 Å². The van der Waals surface area contributed by atoms with Gasteiger partial charge in [-0.05, 0) is 47.7 Å². The number of ether oxygens (including phenoxy) is 1. The van der Waals surface area contributed by atoms with Gasteiger partial charge in [-0.3, -0.25) is 13.9 Å². The second kappa shape index (κ2) is 11.6. The highest BCUT2D eigenvalue weighted by molar-refractivity contribution is 6.31. The number of hydrogen-bond acceptors (Lipinski definition) is 7. The number of alkyl halides is 3. The lowest BCUT2D eigenvalue weighted by molar-refractivity contribution is -0.203. The largest absolute Gasteiger partial charge is 0.490 e. The van der Waals surface area contributed by atoms with Gasteiger partial charge in [0.05, 0.1) is 6.54 Å². The number of hydrogen-bond donors (Lipinski definition) is 1. The Bertz CT molecular complexity index is 1910. The summed E-state index contributed by atoms with van der Waals surface area (Å²) in [5, 5.41) is 3.69. The molecule has 0 aliphatic carbocycles. The average molecular weight is 633 g/mol. The van der Waals surface area contributed by atoms with Crippen molar-refractivity contribution in [3.63, 3.8) is 0 Å². The van der Waals surface area contributed by atoms with Crippen molar-refractivity contribution in [1.82, 2.24) is 24.0 Å². The van der Waals surface area contributed by atoms with E-state index in [-0.39, 0.29) is 36.6 Å². The number of carbonyl (C=O) groups excluding carboxylic acids is 1. The first kappa shape index (κ1) is 29.6. The molecule has 2 aliphatic heterocycles. The minimum Gasteiger partial charge on any atom is -0.437 e. The van der Waals surface area contributed by atoms with Gasteiger partial charge in [0, 0.05) is 36.9 Å². The third-order valence-electron chi connectivity index (χ3n) is 7.72. The van der Waals surface area contributed by atoms with E-state index in [0.29, 0.717) is 35.8 Å². The van der Waals surface area contributed by atoms with E-state index in [0.717, 1.165) is 26.8 Å². The number of halogens is 5. The Kier molecular flexibility index (Phi) is 7.80. The van der Waals surface area contributed by atoms with E-state index in [1.165, 1.54) is 24.3 Å². The van der Waals surface area contributed by atoms with E-state index in [9.17, 15) is 31.9 Å². The number of rotatable bonds is 8. The van der Waals surface area contributed by atoms with Gasteiger partial charge < -0.3 is 15.0 Å². The molecule has 0 fully saturated rings. The number of imidazole rings is 1. The van der Waals surface area contributed by atoms with Gasteiger partial charge in [-0.15, -0.1) is 0 Å². The fourth-order valence-electron chi connectivity index (χ4n) is 5.52. The van der Waals surface area contributed by atoms with Crippen LogP contribution >= 0.6 is 11.6 Å². The number of carbonyl (C=O) groups is 1. The molecule has 0 saturated carbocycles. The maximum absolute atomic E-state index is 14.1. The van der Waals surface area contributed by atoms with Crippen molar-refractivity contribution in [3.05, 3.63) is 103 Å². The smallest absolute Gasteiger partial charge is 0.437 e. The topological polar surface area (TPSA) is 103 Å². The van der Waals surface area contributed by atoms with Crippen LogP contribution < -0.4 is 21.5 Å². The first-order valence-electron chi connectivity index (χ1n) is 13.7. The minimum absolute atomic E-state index is 0.0474. The zero-order valence-corrected chi connectivity index (χ0v) is 23.8. The number of esters is 1. The second-order valence-electron chi connectivity index (χ2n) is 10.4. The Hall–Kier alpha value is -4.43. The normalized spacial score (nSPS) is 15.0. The summed E-state index contributed by atoms with van der Waals surface area (Å²) in [5.74, 6) is -2.67. The van der Waals surface area contributed by atoms with E-state index in [1.807, 2.05) is 4.90 Å². The van der Waals surface area contributed by atoms with E-state index >= 15 is 0 Å². The minimum atomic E-state index is -5.30. The van der Waals surface area contributed by atoms with E-state index in [2.05, 4.69) is 15.0 Å².